The van der Waals surface area contributed by atoms with Crippen molar-refractivity contribution in [2.24, 2.45) is 0 Å². The third-order valence-electron chi connectivity index (χ3n) is 3.87. The molecule has 1 unspecified atom stereocenters. The smallest absolute Gasteiger partial charge is 0.258 e. The Morgan fingerprint density at radius 1 is 1.35 bits per heavy atom. The highest BCUT2D eigenvalue weighted by Crippen LogP contribution is 2.25. The Hall–Kier alpha value is -1.72. The maximum absolute atomic E-state index is 5.47. The average molecular weight is 272 g/mol. The van der Waals surface area contributed by atoms with Crippen LogP contribution < -0.4 is 5.32 Å². The molecule has 2 heterocycles. The molecule has 1 aromatic carbocycles. The van der Waals surface area contributed by atoms with E-state index in [1.165, 1.54) is 5.56 Å². The van der Waals surface area contributed by atoms with Crippen molar-refractivity contribution in [3.63, 3.8) is 0 Å². The van der Waals surface area contributed by atoms with E-state index in [1.54, 1.807) is 0 Å². The Bertz CT molecular complexity index is 608. The van der Waals surface area contributed by atoms with Gasteiger partial charge in [0.15, 0.2) is 5.82 Å². The van der Waals surface area contributed by atoms with Crippen molar-refractivity contribution >= 4 is 0 Å². The Morgan fingerprint density at radius 2 is 2.20 bits per heavy atom. The highest BCUT2D eigenvalue weighted by atomic mass is 16.5. The van der Waals surface area contributed by atoms with Crippen molar-refractivity contribution in [3.05, 3.63) is 35.2 Å². The quantitative estimate of drug-likeness (QED) is 0.905. The van der Waals surface area contributed by atoms with Gasteiger partial charge in [-0.1, -0.05) is 22.9 Å². The third kappa shape index (κ3) is 2.46. The Kier molecular flexibility index (Phi) is 3.54. The largest absolute Gasteiger partial charge is 0.334 e. The molecular formula is C15H20N4O. The van der Waals surface area contributed by atoms with Crippen LogP contribution in [0.25, 0.3) is 11.5 Å². The molecule has 2 aromatic rings. The van der Waals surface area contributed by atoms with Crippen molar-refractivity contribution in [2.45, 2.75) is 19.9 Å². The van der Waals surface area contributed by atoms with Crippen molar-refractivity contribution in [3.8, 4) is 11.5 Å². The fraction of sp³-hybridized carbons (Fsp3) is 0.467. The summed E-state index contributed by atoms with van der Waals surface area (Å²) >= 11 is 0. The van der Waals surface area contributed by atoms with Crippen LogP contribution in [0.5, 0.6) is 0 Å². The second-order valence-electron chi connectivity index (χ2n) is 5.48. The number of aromatic nitrogens is 2. The van der Waals surface area contributed by atoms with Gasteiger partial charge in [-0.3, -0.25) is 4.90 Å². The zero-order chi connectivity index (χ0) is 14.1. The summed E-state index contributed by atoms with van der Waals surface area (Å²) in [7, 11) is 2.10. The summed E-state index contributed by atoms with van der Waals surface area (Å²) in [6.07, 6.45) is 0. The molecule has 3 rings (SSSR count). The molecule has 1 fully saturated rings. The fourth-order valence-corrected chi connectivity index (χ4v) is 2.54. The SMILES string of the molecule is Cc1ccc(C)c(-c2nc(C3CNCCN3C)no2)c1. The van der Waals surface area contributed by atoms with Gasteiger partial charge in [0.05, 0.1) is 6.04 Å². The van der Waals surface area contributed by atoms with Crippen LogP contribution in [-0.2, 0) is 0 Å². The van der Waals surface area contributed by atoms with Gasteiger partial charge in [-0.2, -0.15) is 4.98 Å². The number of aryl methyl sites for hydroxylation is 2. The maximum Gasteiger partial charge on any atom is 0.258 e. The van der Waals surface area contributed by atoms with E-state index in [0.29, 0.717) is 5.89 Å². The number of nitrogens with zero attached hydrogens (tertiary/aromatic N) is 3. The summed E-state index contributed by atoms with van der Waals surface area (Å²) in [6, 6.07) is 6.46. The molecule has 1 aliphatic rings. The van der Waals surface area contributed by atoms with Crippen LogP contribution in [0.3, 0.4) is 0 Å². The molecule has 0 amide bonds. The molecular weight excluding hydrogens is 252 g/mol. The number of nitrogens with one attached hydrogen (secondary N) is 1. The highest BCUT2D eigenvalue weighted by Gasteiger charge is 2.25. The first kappa shape index (κ1) is 13.3. The molecule has 1 N–H and O–H groups in total. The molecule has 1 aromatic heterocycles. The van der Waals surface area contributed by atoms with Crippen molar-refractivity contribution in [1.82, 2.24) is 20.4 Å². The molecule has 0 bridgehead atoms. The first-order chi connectivity index (χ1) is 9.65. The van der Waals surface area contributed by atoms with E-state index in [0.717, 1.165) is 36.6 Å². The van der Waals surface area contributed by atoms with Gasteiger partial charge >= 0.3 is 0 Å². The molecule has 0 saturated carbocycles. The van der Waals surface area contributed by atoms with E-state index in [9.17, 15) is 0 Å². The van der Waals surface area contributed by atoms with Crippen LogP contribution >= 0.6 is 0 Å². The number of benzene rings is 1. The average Bonchev–Trinajstić information content (AvgIpc) is 2.91. The Morgan fingerprint density at radius 3 is 3.00 bits per heavy atom. The normalized spacial score (nSPS) is 20.2. The first-order valence-corrected chi connectivity index (χ1v) is 6.97. The fourth-order valence-electron chi connectivity index (χ4n) is 2.54. The van der Waals surface area contributed by atoms with E-state index in [1.807, 2.05) is 0 Å². The van der Waals surface area contributed by atoms with E-state index in [4.69, 9.17) is 4.52 Å². The van der Waals surface area contributed by atoms with Gasteiger partial charge in [-0.25, -0.2) is 0 Å². The minimum Gasteiger partial charge on any atom is -0.334 e. The predicted molar refractivity (Wildman–Crippen MR) is 77.4 cm³/mol. The summed E-state index contributed by atoms with van der Waals surface area (Å²) in [5.74, 6) is 1.37. The van der Waals surface area contributed by atoms with Crippen LogP contribution in [0.4, 0.5) is 0 Å². The first-order valence-electron chi connectivity index (χ1n) is 6.97. The number of hydrogen-bond acceptors (Lipinski definition) is 5. The molecule has 106 valence electrons. The van der Waals surface area contributed by atoms with Crippen LogP contribution in [0.2, 0.25) is 0 Å². The minimum atomic E-state index is 0.186. The van der Waals surface area contributed by atoms with Crippen LogP contribution in [0.15, 0.2) is 22.7 Å². The number of hydrogen-bond donors (Lipinski definition) is 1. The van der Waals surface area contributed by atoms with Gasteiger partial charge in [-0.15, -0.1) is 0 Å². The summed E-state index contributed by atoms with van der Waals surface area (Å²) < 4.78 is 5.47. The molecule has 1 atom stereocenters. The van der Waals surface area contributed by atoms with Crippen molar-refractivity contribution < 1.29 is 4.52 Å². The molecule has 0 aliphatic carbocycles. The summed E-state index contributed by atoms with van der Waals surface area (Å²) in [5.41, 5.74) is 3.37. The van der Waals surface area contributed by atoms with E-state index in [-0.39, 0.29) is 6.04 Å². The van der Waals surface area contributed by atoms with Crippen LogP contribution in [0, 0.1) is 13.8 Å². The topological polar surface area (TPSA) is 54.2 Å². The lowest BCUT2D eigenvalue weighted by molar-refractivity contribution is 0.190. The standard InChI is InChI=1S/C15H20N4O/c1-10-4-5-11(2)12(8-10)15-17-14(18-20-15)13-9-16-6-7-19(13)3/h4-5,8,13,16H,6-7,9H2,1-3H3. The van der Waals surface area contributed by atoms with Gasteiger partial charge in [0.1, 0.15) is 0 Å². The lowest BCUT2D eigenvalue weighted by atomic mass is 10.1. The monoisotopic (exact) mass is 272 g/mol. The molecule has 0 radical (unpaired) electrons. The Balaban J connectivity index is 1.91. The number of likely N-dealkylation sites (N-methyl/N-ethyl adjacent to an activating group) is 1. The lowest BCUT2D eigenvalue weighted by Crippen LogP contribution is -2.44. The van der Waals surface area contributed by atoms with Crippen molar-refractivity contribution in [1.29, 1.82) is 0 Å². The Labute approximate surface area is 119 Å². The highest BCUT2D eigenvalue weighted by molar-refractivity contribution is 5.59. The minimum absolute atomic E-state index is 0.186. The van der Waals surface area contributed by atoms with Crippen LogP contribution in [0.1, 0.15) is 23.0 Å². The number of piperazine rings is 1. The molecule has 0 spiro atoms. The molecule has 1 aliphatic heterocycles. The summed E-state index contributed by atoms with van der Waals surface area (Å²) in [6.45, 7) is 7.00. The van der Waals surface area contributed by atoms with Gasteiger partial charge in [0.2, 0.25) is 0 Å². The lowest BCUT2D eigenvalue weighted by Gasteiger charge is -2.30. The molecule has 5 nitrogen and oxygen atoms in total. The molecule has 5 heteroatoms. The molecule has 1 saturated heterocycles. The maximum atomic E-state index is 5.47. The van der Waals surface area contributed by atoms with E-state index < -0.39 is 0 Å². The number of rotatable bonds is 2. The van der Waals surface area contributed by atoms with E-state index >= 15 is 0 Å². The van der Waals surface area contributed by atoms with E-state index in [2.05, 4.69) is 59.5 Å². The molecule has 20 heavy (non-hydrogen) atoms. The van der Waals surface area contributed by atoms with Crippen molar-refractivity contribution in [2.75, 3.05) is 26.7 Å². The third-order valence-corrected chi connectivity index (χ3v) is 3.87. The van der Waals surface area contributed by atoms with Gasteiger partial charge in [0, 0.05) is 25.2 Å². The van der Waals surface area contributed by atoms with Gasteiger partial charge < -0.3 is 9.84 Å². The van der Waals surface area contributed by atoms with Gasteiger partial charge in [-0.05, 0) is 32.5 Å². The zero-order valence-electron chi connectivity index (χ0n) is 12.2. The summed E-state index contributed by atoms with van der Waals surface area (Å²) in [5, 5.41) is 7.54. The summed E-state index contributed by atoms with van der Waals surface area (Å²) in [4.78, 5) is 6.86. The van der Waals surface area contributed by atoms with Crippen LogP contribution in [-0.4, -0.2) is 41.7 Å². The second-order valence-corrected chi connectivity index (χ2v) is 5.48. The van der Waals surface area contributed by atoms with Gasteiger partial charge in [0.25, 0.3) is 5.89 Å². The second kappa shape index (κ2) is 5.34. The predicted octanol–water partition coefficient (Wildman–Crippen LogP) is 1.93. The zero-order valence-corrected chi connectivity index (χ0v) is 12.2.